The van der Waals surface area contributed by atoms with Gasteiger partial charge in [0.25, 0.3) is 11.7 Å². The zero-order valence-corrected chi connectivity index (χ0v) is 21.5. The Labute approximate surface area is 211 Å². The summed E-state index contributed by atoms with van der Waals surface area (Å²) in [5, 5.41) is 11.5. The molecule has 1 unspecified atom stereocenters. The van der Waals surface area contributed by atoms with Crippen LogP contribution in [-0.4, -0.2) is 31.0 Å². The SMILES string of the molecule is COc1cccc(C2/C(=C(/O)c3ccc(OC)c(C(C)C)c3)C(=O)C(=O)N2c2cc(C)ccc2C)c1. The molecule has 0 bridgehead atoms. The number of amides is 1. The minimum atomic E-state index is -0.829. The molecule has 1 heterocycles. The second-order valence-electron chi connectivity index (χ2n) is 9.35. The number of nitrogens with zero attached hydrogens (tertiary/aromatic N) is 1. The van der Waals surface area contributed by atoms with Gasteiger partial charge in [0.1, 0.15) is 17.3 Å². The van der Waals surface area contributed by atoms with E-state index in [-0.39, 0.29) is 17.3 Å². The number of carbonyl (C=O) groups excluding carboxylic acids is 2. The van der Waals surface area contributed by atoms with Gasteiger partial charge in [-0.1, -0.05) is 38.1 Å². The van der Waals surface area contributed by atoms with Crippen LogP contribution < -0.4 is 14.4 Å². The highest BCUT2D eigenvalue weighted by molar-refractivity contribution is 6.51. The van der Waals surface area contributed by atoms with E-state index >= 15 is 0 Å². The molecule has 0 aliphatic carbocycles. The average Bonchev–Trinajstić information content (AvgIpc) is 3.14. The zero-order chi connectivity index (χ0) is 26.1. The maximum absolute atomic E-state index is 13.5. The summed E-state index contributed by atoms with van der Waals surface area (Å²) in [6.45, 7) is 7.88. The fourth-order valence-corrected chi connectivity index (χ4v) is 4.68. The van der Waals surface area contributed by atoms with Crippen LogP contribution in [0.4, 0.5) is 5.69 Å². The van der Waals surface area contributed by atoms with Gasteiger partial charge in [0.15, 0.2) is 0 Å². The van der Waals surface area contributed by atoms with Crippen LogP contribution in [0.15, 0.2) is 66.2 Å². The van der Waals surface area contributed by atoms with E-state index in [1.54, 1.807) is 38.5 Å². The molecule has 1 fully saturated rings. The number of ketones is 1. The topological polar surface area (TPSA) is 76.1 Å². The predicted octanol–water partition coefficient (Wildman–Crippen LogP) is 6.07. The van der Waals surface area contributed by atoms with Crippen molar-refractivity contribution in [2.75, 3.05) is 19.1 Å². The first-order valence-corrected chi connectivity index (χ1v) is 11.9. The van der Waals surface area contributed by atoms with Crippen LogP contribution in [0.1, 0.15) is 53.6 Å². The smallest absolute Gasteiger partial charge is 0.300 e. The molecule has 0 saturated carbocycles. The maximum Gasteiger partial charge on any atom is 0.300 e. The van der Waals surface area contributed by atoms with Crippen molar-refractivity contribution in [2.24, 2.45) is 0 Å². The monoisotopic (exact) mass is 485 g/mol. The highest BCUT2D eigenvalue weighted by Gasteiger charge is 2.47. The molecule has 3 aromatic rings. The molecule has 1 amide bonds. The van der Waals surface area contributed by atoms with Crippen molar-refractivity contribution in [1.29, 1.82) is 0 Å². The number of aryl methyl sites for hydroxylation is 2. The Morgan fingerprint density at radius 2 is 1.69 bits per heavy atom. The fraction of sp³-hybridized carbons (Fsp3) is 0.267. The van der Waals surface area contributed by atoms with Gasteiger partial charge in [-0.3, -0.25) is 14.5 Å². The maximum atomic E-state index is 13.5. The lowest BCUT2D eigenvalue weighted by Gasteiger charge is -2.27. The third-order valence-electron chi connectivity index (χ3n) is 6.60. The van der Waals surface area contributed by atoms with E-state index in [9.17, 15) is 14.7 Å². The lowest BCUT2D eigenvalue weighted by atomic mass is 9.92. The van der Waals surface area contributed by atoms with Crippen LogP contribution in [0.2, 0.25) is 0 Å². The Bertz CT molecular complexity index is 1370. The van der Waals surface area contributed by atoms with Crippen LogP contribution in [0, 0.1) is 13.8 Å². The van der Waals surface area contributed by atoms with Crippen LogP contribution in [0.25, 0.3) is 5.76 Å². The lowest BCUT2D eigenvalue weighted by molar-refractivity contribution is -0.132. The Morgan fingerprint density at radius 3 is 2.36 bits per heavy atom. The van der Waals surface area contributed by atoms with E-state index in [2.05, 4.69) is 0 Å². The predicted molar refractivity (Wildman–Crippen MR) is 141 cm³/mol. The molecule has 36 heavy (non-hydrogen) atoms. The van der Waals surface area contributed by atoms with Crippen molar-refractivity contribution in [3.05, 3.63) is 94.1 Å². The first kappa shape index (κ1) is 25.0. The third kappa shape index (κ3) is 4.35. The molecule has 4 rings (SSSR count). The fourth-order valence-electron chi connectivity index (χ4n) is 4.68. The van der Waals surface area contributed by atoms with Gasteiger partial charge in [-0.15, -0.1) is 0 Å². The molecule has 1 atom stereocenters. The number of hydrogen-bond donors (Lipinski definition) is 1. The summed E-state index contributed by atoms with van der Waals surface area (Å²) in [7, 11) is 3.16. The molecule has 6 nitrogen and oxygen atoms in total. The molecule has 186 valence electrons. The van der Waals surface area contributed by atoms with E-state index < -0.39 is 17.7 Å². The van der Waals surface area contributed by atoms with Crippen LogP contribution >= 0.6 is 0 Å². The largest absolute Gasteiger partial charge is 0.507 e. The van der Waals surface area contributed by atoms with Gasteiger partial charge in [-0.05, 0) is 78.4 Å². The molecule has 1 aliphatic heterocycles. The molecule has 0 spiro atoms. The van der Waals surface area contributed by atoms with E-state index in [1.807, 2.05) is 64.1 Å². The molecule has 3 aromatic carbocycles. The van der Waals surface area contributed by atoms with Crippen molar-refractivity contribution < 1.29 is 24.2 Å². The van der Waals surface area contributed by atoms with E-state index in [0.29, 0.717) is 28.3 Å². The van der Waals surface area contributed by atoms with Crippen LogP contribution in [0.3, 0.4) is 0 Å². The summed E-state index contributed by atoms with van der Waals surface area (Å²) in [5.74, 6) is -0.233. The number of anilines is 1. The number of hydrogen-bond acceptors (Lipinski definition) is 5. The summed E-state index contributed by atoms with van der Waals surface area (Å²) in [4.78, 5) is 28.5. The number of ether oxygens (including phenoxy) is 2. The van der Waals surface area contributed by atoms with Gasteiger partial charge in [0.05, 0.1) is 25.8 Å². The Kier molecular flexibility index (Phi) is 6.88. The average molecular weight is 486 g/mol. The summed E-state index contributed by atoms with van der Waals surface area (Å²) in [6, 6.07) is 17.4. The highest BCUT2D eigenvalue weighted by atomic mass is 16.5. The number of benzene rings is 3. The van der Waals surface area contributed by atoms with Crippen LogP contribution in [-0.2, 0) is 9.59 Å². The second-order valence-corrected chi connectivity index (χ2v) is 9.35. The minimum Gasteiger partial charge on any atom is -0.507 e. The Hall–Kier alpha value is -4.06. The second kappa shape index (κ2) is 9.90. The molecule has 6 heteroatoms. The standard InChI is InChI=1S/C30H31NO5/c1-17(2)23-16-21(12-13-25(23)36-6)28(32)26-27(20-8-7-9-22(15-20)35-5)31(30(34)29(26)33)24-14-18(3)10-11-19(24)4/h7-17,27,32H,1-6H3/b28-26-. The quantitative estimate of drug-likeness (QED) is 0.261. The van der Waals surface area contributed by atoms with Gasteiger partial charge in [0, 0.05) is 11.3 Å². The van der Waals surface area contributed by atoms with Crippen LogP contribution in [0.5, 0.6) is 11.5 Å². The van der Waals surface area contributed by atoms with E-state index in [1.165, 1.54) is 4.90 Å². The number of rotatable bonds is 6. The van der Waals surface area contributed by atoms with Gasteiger partial charge >= 0.3 is 0 Å². The van der Waals surface area contributed by atoms with Gasteiger partial charge in [-0.2, -0.15) is 0 Å². The van der Waals surface area contributed by atoms with E-state index in [0.717, 1.165) is 16.7 Å². The van der Waals surface area contributed by atoms with Crippen molar-refractivity contribution in [3.8, 4) is 11.5 Å². The summed E-state index contributed by atoms with van der Waals surface area (Å²) in [5.41, 5.74) is 4.47. The molecule has 1 N–H and O–H groups in total. The number of Topliss-reactive ketones (excluding diaryl/α,β-unsaturated/α-hetero) is 1. The molecule has 1 saturated heterocycles. The third-order valence-corrected chi connectivity index (χ3v) is 6.60. The Balaban J connectivity index is 1.99. The molecule has 0 aromatic heterocycles. The Morgan fingerprint density at radius 1 is 0.944 bits per heavy atom. The summed E-state index contributed by atoms with van der Waals surface area (Å²) in [6.07, 6.45) is 0. The first-order valence-electron chi connectivity index (χ1n) is 11.9. The molecular weight excluding hydrogens is 454 g/mol. The number of carbonyl (C=O) groups is 2. The number of methoxy groups -OCH3 is 2. The number of aliphatic hydroxyl groups excluding tert-OH is 1. The van der Waals surface area contributed by atoms with Crippen molar-refractivity contribution in [2.45, 2.75) is 39.7 Å². The summed E-state index contributed by atoms with van der Waals surface area (Å²) >= 11 is 0. The number of aliphatic hydroxyl groups is 1. The summed E-state index contributed by atoms with van der Waals surface area (Å²) < 4.78 is 10.9. The highest BCUT2D eigenvalue weighted by Crippen LogP contribution is 2.44. The van der Waals surface area contributed by atoms with Crippen molar-refractivity contribution in [1.82, 2.24) is 0 Å². The lowest BCUT2D eigenvalue weighted by Crippen LogP contribution is -2.30. The van der Waals surface area contributed by atoms with E-state index in [4.69, 9.17) is 9.47 Å². The van der Waals surface area contributed by atoms with Gasteiger partial charge < -0.3 is 14.6 Å². The van der Waals surface area contributed by atoms with Gasteiger partial charge in [-0.25, -0.2) is 0 Å². The van der Waals surface area contributed by atoms with Crippen molar-refractivity contribution in [3.63, 3.8) is 0 Å². The molecular formula is C30H31NO5. The van der Waals surface area contributed by atoms with Crippen molar-refractivity contribution >= 4 is 23.1 Å². The minimum absolute atomic E-state index is 0.0361. The first-order chi connectivity index (χ1) is 17.2. The normalized spacial score (nSPS) is 17.1. The molecule has 0 radical (unpaired) electrons. The van der Waals surface area contributed by atoms with Gasteiger partial charge in [0.2, 0.25) is 0 Å². The molecule has 1 aliphatic rings. The zero-order valence-electron chi connectivity index (χ0n) is 21.5.